The molecule has 0 aromatic carbocycles. The van der Waals surface area contributed by atoms with E-state index >= 15 is 0 Å². The number of nitrogens with two attached hydrogens (primary N) is 1. The molecule has 17 heavy (non-hydrogen) atoms. The lowest BCUT2D eigenvalue weighted by Crippen LogP contribution is -2.62. The Morgan fingerprint density at radius 2 is 1.94 bits per heavy atom. The van der Waals surface area contributed by atoms with Gasteiger partial charge in [-0.15, -0.1) is 0 Å². The largest absolute Gasteiger partial charge is 0.394 e. The molecule has 0 bridgehead atoms. The van der Waals surface area contributed by atoms with Gasteiger partial charge >= 0.3 is 0 Å². The molecule has 0 saturated carbocycles. The van der Waals surface area contributed by atoms with Crippen molar-refractivity contribution in [1.29, 1.82) is 0 Å². The molecule has 6 atom stereocenters. The highest BCUT2D eigenvalue weighted by atomic mass is 16.7. The van der Waals surface area contributed by atoms with Crippen molar-refractivity contribution >= 4 is 5.91 Å². The zero-order valence-electron chi connectivity index (χ0n) is 9.26. The minimum atomic E-state index is -1.62. The highest BCUT2D eigenvalue weighted by Crippen LogP contribution is 2.22. The number of carbonyl (C=O) groups is 1. The van der Waals surface area contributed by atoms with E-state index in [4.69, 9.17) is 20.3 Å². The summed E-state index contributed by atoms with van der Waals surface area (Å²) in [6.07, 6.45) is -8.23. The SMILES string of the molecule is CC(CO)OC1OC(C(N)=O)[C@@H](O)C(O)[C@@H]1O. The van der Waals surface area contributed by atoms with Gasteiger partial charge in [-0.25, -0.2) is 0 Å². The zero-order chi connectivity index (χ0) is 13.2. The molecule has 8 nitrogen and oxygen atoms in total. The van der Waals surface area contributed by atoms with Crippen molar-refractivity contribution in [3.8, 4) is 0 Å². The number of aliphatic hydroxyl groups is 4. The van der Waals surface area contributed by atoms with E-state index < -0.39 is 42.7 Å². The van der Waals surface area contributed by atoms with Gasteiger partial charge in [-0.2, -0.15) is 0 Å². The molecule has 1 fully saturated rings. The maximum atomic E-state index is 11.0. The normalized spacial score (nSPS) is 39.9. The van der Waals surface area contributed by atoms with Crippen LogP contribution in [0.3, 0.4) is 0 Å². The lowest BCUT2D eigenvalue weighted by atomic mass is 9.98. The Morgan fingerprint density at radius 1 is 1.35 bits per heavy atom. The molecular weight excluding hydrogens is 234 g/mol. The molecule has 0 spiro atoms. The average Bonchev–Trinajstić information content (AvgIpc) is 2.29. The highest BCUT2D eigenvalue weighted by Gasteiger charge is 2.46. The molecular formula is C9H17NO7. The van der Waals surface area contributed by atoms with E-state index in [9.17, 15) is 20.1 Å². The Labute approximate surface area is 97.6 Å². The van der Waals surface area contributed by atoms with Crippen LogP contribution in [0.5, 0.6) is 0 Å². The predicted molar refractivity (Wildman–Crippen MR) is 53.5 cm³/mol. The standard InChI is InChI=1S/C9H17NO7/c1-3(2-11)16-9-6(14)4(12)5(13)7(17-9)8(10)15/h3-7,9,11-14H,2H2,1H3,(H2,10,15)/t3?,4?,5-,6-,7?,9?/m0/s1. The zero-order valence-corrected chi connectivity index (χ0v) is 9.26. The maximum absolute atomic E-state index is 11.0. The third-order valence-electron chi connectivity index (χ3n) is 2.47. The van der Waals surface area contributed by atoms with Crippen LogP contribution in [0.2, 0.25) is 0 Å². The number of hydrogen-bond acceptors (Lipinski definition) is 7. The second-order valence-corrected chi connectivity index (χ2v) is 3.93. The fraction of sp³-hybridized carbons (Fsp3) is 0.889. The van der Waals surface area contributed by atoms with Crippen molar-refractivity contribution in [2.75, 3.05) is 6.61 Å². The molecule has 1 rings (SSSR count). The Bertz CT molecular complexity index is 274. The van der Waals surface area contributed by atoms with Crippen LogP contribution in [-0.4, -0.2) is 69.8 Å². The third kappa shape index (κ3) is 3.12. The molecule has 100 valence electrons. The number of amides is 1. The number of primary amides is 1. The van der Waals surface area contributed by atoms with Gasteiger partial charge in [-0.3, -0.25) is 4.79 Å². The van der Waals surface area contributed by atoms with Gasteiger partial charge in [-0.1, -0.05) is 0 Å². The lowest BCUT2D eigenvalue weighted by Gasteiger charge is -2.39. The summed E-state index contributed by atoms with van der Waals surface area (Å²) >= 11 is 0. The first-order chi connectivity index (χ1) is 7.88. The molecule has 0 radical (unpaired) electrons. The summed E-state index contributed by atoms with van der Waals surface area (Å²) in [5.41, 5.74) is 4.97. The van der Waals surface area contributed by atoms with Crippen molar-refractivity contribution in [1.82, 2.24) is 0 Å². The molecule has 1 heterocycles. The van der Waals surface area contributed by atoms with Crippen molar-refractivity contribution in [2.45, 2.75) is 43.7 Å². The Balaban J connectivity index is 2.74. The summed E-state index contributed by atoms with van der Waals surface area (Å²) in [4.78, 5) is 11.0. The van der Waals surface area contributed by atoms with Crippen LogP contribution in [0.4, 0.5) is 0 Å². The first-order valence-electron chi connectivity index (χ1n) is 5.13. The summed E-state index contributed by atoms with van der Waals surface area (Å²) in [5, 5.41) is 37.3. The van der Waals surface area contributed by atoms with Crippen LogP contribution in [0.25, 0.3) is 0 Å². The van der Waals surface area contributed by atoms with E-state index in [0.717, 1.165) is 0 Å². The van der Waals surface area contributed by atoms with Crippen molar-refractivity contribution in [3.63, 3.8) is 0 Å². The van der Waals surface area contributed by atoms with Crippen molar-refractivity contribution < 1.29 is 34.7 Å². The lowest BCUT2D eigenvalue weighted by molar-refractivity contribution is -0.301. The molecule has 8 heteroatoms. The molecule has 4 unspecified atom stereocenters. The Kier molecular flexibility index (Phi) is 4.80. The summed E-state index contributed by atoms with van der Waals surface area (Å²) in [6, 6.07) is 0. The van der Waals surface area contributed by atoms with Gasteiger partial charge < -0.3 is 35.6 Å². The van der Waals surface area contributed by atoms with Gasteiger partial charge in [0, 0.05) is 0 Å². The minimum absolute atomic E-state index is 0.327. The van der Waals surface area contributed by atoms with E-state index in [-0.39, 0.29) is 6.61 Å². The van der Waals surface area contributed by atoms with E-state index in [2.05, 4.69) is 0 Å². The van der Waals surface area contributed by atoms with E-state index in [0.29, 0.717) is 0 Å². The first-order valence-corrected chi connectivity index (χ1v) is 5.13. The number of ether oxygens (including phenoxy) is 2. The van der Waals surface area contributed by atoms with Gasteiger partial charge in [-0.05, 0) is 6.92 Å². The van der Waals surface area contributed by atoms with Crippen LogP contribution in [0.1, 0.15) is 6.92 Å². The van der Waals surface area contributed by atoms with E-state index in [1.807, 2.05) is 0 Å². The third-order valence-corrected chi connectivity index (χ3v) is 2.47. The van der Waals surface area contributed by atoms with Crippen LogP contribution in [0.15, 0.2) is 0 Å². The Morgan fingerprint density at radius 3 is 2.41 bits per heavy atom. The number of rotatable bonds is 4. The van der Waals surface area contributed by atoms with Gasteiger partial charge in [0.1, 0.15) is 18.3 Å². The molecule has 1 aliphatic heterocycles. The summed E-state index contributed by atoms with van der Waals surface area (Å²) in [5.74, 6) is -0.978. The van der Waals surface area contributed by atoms with Gasteiger partial charge in [0.05, 0.1) is 12.7 Å². The maximum Gasteiger partial charge on any atom is 0.249 e. The monoisotopic (exact) mass is 251 g/mol. The molecule has 1 aliphatic rings. The van der Waals surface area contributed by atoms with Crippen molar-refractivity contribution in [3.05, 3.63) is 0 Å². The summed E-state index contributed by atoms with van der Waals surface area (Å²) in [6.45, 7) is 1.18. The minimum Gasteiger partial charge on any atom is -0.394 e. The Hall–Kier alpha value is -0.770. The van der Waals surface area contributed by atoms with Crippen LogP contribution >= 0.6 is 0 Å². The van der Waals surface area contributed by atoms with Crippen LogP contribution in [-0.2, 0) is 14.3 Å². The summed E-state index contributed by atoms with van der Waals surface area (Å²) < 4.78 is 10.00. The van der Waals surface area contributed by atoms with Crippen molar-refractivity contribution in [2.24, 2.45) is 5.73 Å². The molecule has 6 N–H and O–H groups in total. The summed E-state index contributed by atoms with van der Waals surface area (Å²) in [7, 11) is 0. The molecule has 0 aliphatic carbocycles. The fourth-order valence-electron chi connectivity index (χ4n) is 1.47. The predicted octanol–water partition coefficient (Wildman–Crippen LogP) is -3.32. The molecule has 0 aromatic heterocycles. The smallest absolute Gasteiger partial charge is 0.249 e. The second kappa shape index (κ2) is 5.71. The molecule has 0 aromatic rings. The average molecular weight is 251 g/mol. The highest BCUT2D eigenvalue weighted by molar-refractivity contribution is 5.79. The molecule has 1 amide bonds. The number of hydrogen-bond donors (Lipinski definition) is 5. The molecule has 1 saturated heterocycles. The quantitative estimate of drug-likeness (QED) is 0.352. The topological polar surface area (TPSA) is 142 Å². The number of aliphatic hydroxyl groups excluding tert-OH is 4. The van der Waals surface area contributed by atoms with Gasteiger partial charge in [0.25, 0.3) is 0 Å². The van der Waals surface area contributed by atoms with Gasteiger partial charge in [0.2, 0.25) is 5.91 Å². The fourth-order valence-corrected chi connectivity index (χ4v) is 1.47. The van der Waals surface area contributed by atoms with E-state index in [1.54, 1.807) is 0 Å². The van der Waals surface area contributed by atoms with Crippen LogP contribution in [0, 0.1) is 0 Å². The van der Waals surface area contributed by atoms with Crippen LogP contribution < -0.4 is 5.73 Å². The second-order valence-electron chi connectivity index (χ2n) is 3.93. The van der Waals surface area contributed by atoms with E-state index in [1.165, 1.54) is 6.92 Å². The first kappa shape index (κ1) is 14.3. The van der Waals surface area contributed by atoms with Gasteiger partial charge in [0.15, 0.2) is 12.4 Å². The number of carbonyl (C=O) groups excluding carboxylic acids is 1.